The number of aromatic nitrogens is 4. The molecule has 1 aliphatic carbocycles. The van der Waals surface area contributed by atoms with Gasteiger partial charge >= 0.3 is 0 Å². The van der Waals surface area contributed by atoms with Crippen molar-refractivity contribution in [1.29, 1.82) is 0 Å². The molecule has 1 aliphatic rings. The summed E-state index contributed by atoms with van der Waals surface area (Å²) < 4.78 is 5.74. The molecule has 0 saturated heterocycles. The van der Waals surface area contributed by atoms with Crippen molar-refractivity contribution in [2.75, 3.05) is 0 Å². The Morgan fingerprint density at radius 1 is 1.08 bits per heavy atom. The third-order valence-corrected chi connectivity index (χ3v) is 5.83. The Hall–Kier alpha value is -2.25. The highest BCUT2D eigenvalue weighted by molar-refractivity contribution is 7.99. The lowest BCUT2D eigenvalue weighted by atomic mass is 10.2. The van der Waals surface area contributed by atoms with Crippen molar-refractivity contribution in [2.24, 2.45) is 0 Å². The van der Waals surface area contributed by atoms with Gasteiger partial charge in [-0.15, -0.1) is 21.5 Å². The third kappa shape index (κ3) is 2.59. The highest BCUT2D eigenvalue weighted by atomic mass is 32.2. The first-order valence-corrected chi connectivity index (χ1v) is 9.31. The van der Waals surface area contributed by atoms with Gasteiger partial charge in [0, 0.05) is 16.2 Å². The molecule has 5 nitrogen and oxygen atoms in total. The van der Waals surface area contributed by atoms with Crippen LogP contribution in [0.25, 0.3) is 20.7 Å². The molecule has 3 aromatic heterocycles. The maximum Gasteiger partial charge on any atom is 0.282 e. The van der Waals surface area contributed by atoms with Crippen LogP contribution < -0.4 is 0 Å². The van der Waals surface area contributed by atoms with E-state index in [0.717, 1.165) is 34.0 Å². The van der Waals surface area contributed by atoms with Gasteiger partial charge < -0.3 is 4.42 Å². The van der Waals surface area contributed by atoms with Crippen LogP contribution in [0, 0.1) is 0 Å². The van der Waals surface area contributed by atoms with E-state index >= 15 is 0 Å². The summed E-state index contributed by atoms with van der Waals surface area (Å²) in [4.78, 5) is 11.0. The van der Waals surface area contributed by atoms with Crippen LogP contribution in [0.2, 0.25) is 0 Å². The number of hydrogen-bond acceptors (Lipinski definition) is 7. The average Bonchev–Trinajstić information content (AvgIpc) is 3.20. The molecule has 3 heterocycles. The molecule has 0 amide bonds. The smallest absolute Gasteiger partial charge is 0.282 e. The summed E-state index contributed by atoms with van der Waals surface area (Å²) in [7, 11) is 0. The van der Waals surface area contributed by atoms with Gasteiger partial charge in [-0.25, -0.2) is 9.97 Å². The van der Waals surface area contributed by atoms with Gasteiger partial charge in [0.05, 0.1) is 0 Å². The van der Waals surface area contributed by atoms with Crippen LogP contribution in [-0.4, -0.2) is 20.2 Å². The molecule has 0 N–H and O–H groups in total. The second kappa shape index (κ2) is 5.68. The number of fused-ring (bicyclic) bond motifs is 1. The van der Waals surface area contributed by atoms with E-state index in [9.17, 15) is 0 Å². The molecular formula is C17H12N4OS2. The zero-order valence-electron chi connectivity index (χ0n) is 12.5. The Kier molecular flexibility index (Phi) is 3.34. The van der Waals surface area contributed by atoms with Crippen molar-refractivity contribution in [3.8, 4) is 10.4 Å². The fourth-order valence-corrected chi connectivity index (χ4v) is 4.31. The SMILES string of the molecule is c1ccc(-c2cc3c(Sc4nnc(C5CC5)o4)ncnc3s2)cc1. The lowest BCUT2D eigenvalue weighted by Gasteiger charge is -1.96. The molecule has 1 fully saturated rings. The van der Waals surface area contributed by atoms with Crippen molar-refractivity contribution in [1.82, 2.24) is 20.2 Å². The molecule has 0 spiro atoms. The minimum Gasteiger partial charge on any atom is -0.415 e. The minimum absolute atomic E-state index is 0.461. The number of thiophene rings is 1. The number of benzene rings is 1. The van der Waals surface area contributed by atoms with Crippen LogP contribution in [0.15, 0.2) is 57.4 Å². The fraction of sp³-hybridized carbons (Fsp3) is 0.176. The maximum atomic E-state index is 5.74. The first kappa shape index (κ1) is 14.1. The van der Waals surface area contributed by atoms with Crippen molar-refractivity contribution in [3.63, 3.8) is 0 Å². The van der Waals surface area contributed by atoms with E-state index in [2.05, 4.69) is 38.4 Å². The second-order valence-corrected chi connectivity index (χ2v) is 7.63. The molecule has 0 radical (unpaired) electrons. The predicted molar refractivity (Wildman–Crippen MR) is 93.2 cm³/mol. The van der Waals surface area contributed by atoms with Gasteiger partial charge in [0.15, 0.2) is 0 Å². The first-order chi connectivity index (χ1) is 11.9. The molecule has 24 heavy (non-hydrogen) atoms. The van der Waals surface area contributed by atoms with Crippen LogP contribution in [0.5, 0.6) is 0 Å². The molecular weight excluding hydrogens is 340 g/mol. The average molecular weight is 352 g/mol. The summed E-state index contributed by atoms with van der Waals surface area (Å²) >= 11 is 3.07. The molecule has 1 saturated carbocycles. The Morgan fingerprint density at radius 2 is 1.96 bits per heavy atom. The normalized spacial score (nSPS) is 14.3. The van der Waals surface area contributed by atoms with Crippen molar-refractivity contribution >= 4 is 33.3 Å². The van der Waals surface area contributed by atoms with Crippen molar-refractivity contribution in [3.05, 3.63) is 48.6 Å². The maximum absolute atomic E-state index is 5.74. The standard InChI is InChI=1S/C17H12N4OS2/c1-2-4-10(5-3-1)13-8-12-15(23-13)18-9-19-16(12)24-17-21-20-14(22-17)11-6-7-11/h1-5,8-9,11H,6-7H2. The second-order valence-electron chi connectivity index (χ2n) is 5.66. The van der Waals surface area contributed by atoms with Crippen LogP contribution in [-0.2, 0) is 0 Å². The summed E-state index contributed by atoms with van der Waals surface area (Å²) in [5.41, 5.74) is 1.19. The van der Waals surface area contributed by atoms with E-state index in [4.69, 9.17) is 4.42 Å². The number of hydrogen-bond donors (Lipinski definition) is 0. The van der Waals surface area contributed by atoms with Gasteiger partial charge in [0.25, 0.3) is 5.22 Å². The van der Waals surface area contributed by atoms with Crippen LogP contribution in [0.4, 0.5) is 0 Å². The minimum atomic E-state index is 0.461. The molecule has 7 heteroatoms. The van der Waals surface area contributed by atoms with E-state index in [1.54, 1.807) is 17.7 Å². The Labute approximate surface area is 146 Å². The zero-order chi connectivity index (χ0) is 15.9. The molecule has 0 unspecified atom stereocenters. The molecule has 0 bridgehead atoms. The molecule has 0 aliphatic heterocycles. The van der Waals surface area contributed by atoms with Gasteiger partial charge in [-0.2, -0.15) is 0 Å². The Balaban J connectivity index is 1.52. The summed E-state index contributed by atoms with van der Waals surface area (Å²) in [6, 6.07) is 12.4. The number of rotatable bonds is 4. The fourth-order valence-electron chi connectivity index (χ4n) is 2.50. The van der Waals surface area contributed by atoms with E-state index < -0.39 is 0 Å². The summed E-state index contributed by atoms with van der Waals surface area (Å²) in [6.45, 7) is 0. The van der Waals surface area contributed by atoms with E-state index in [-0.39, 0.29) is 0 Å². The van der Waals surface area contributed by atoms with Gasteiger partial charge in [0.2, 0.25) is 5.89 Å². The Morgan fingerprint density at radius 3 is 2.79 bits per heavy atom. The Bertz CT molecular complexity index is 1010. The topological polar surface area (TPSA) is 64.7 Å². The van der Waals surface area contributed by atoms with Gasteiger partial charge in [0.1, 0.15) is 16.2 Å². The number of nitrogens with zero attached hydrogens (tertiary/aromatic N) is 4. The predicted octanol–water partition coefficient (Wildman–Crippen LogP) is 4.77. The van der Waals surface area contributed by atoms with Gasteiger partial charge in [-0.1, -0.05) is 30.3 Å². The monoisotopic (exact) mass is 352 g/mol. The molecule has 4 aromatic rings. The van der Waals surface area contributed by atoms with Crippen molar-refractivity contribution in [2.45, 2.75) is 29.0 Å². The van der Waals surface area contributed by atoms with Gasteiger partial charge in [-0.3, -0.25) is 0 Å². The summed E-state index contributed by atoms with van der Waals surface area (Å²) in [5.74, 6) is 1.21. The zero-order valence-corrected chi connectivity index (χ0v) is 14.2. The van der Waals surface area contributed by atoms with E-state index in [1.165, 1.54) is 22.2 Å². The van der Waals surface area contributed by atoms with Crippen molar-refractivity contribution < 1.29 is 4.42 Å². The van der Waals surface area contributed by atoms with Crippen LogP contribution >= 0.6 is 23.1 Å². The first-order valence-electron chi connectivity index (χ1n) is 7.68. The van der Waals surface area contributed by atoms with E-state index in [0.29, 0.717) is 11.1 Å². The van der Waals surface area contributed by atoms with Crippen LogP contribution in [0.3, 0.4) is 0 Å². The van der Waals surface area contributed by atoms with E-state index in [1.807, 2.05) is 18.2 Å². The summed E-state index contributed by atoms with van der Waals surface area (Å²) in [6.07, 6.45) is 3.89. The molecule has 5 rings (SSSR count). The third-order valence-electron chi connectivity index (χ3n) is 3.88. The quantitative estimate of drug-likeness (QED) is 0.493. The van der Waals surface area contributed by atoms with Crippen LogP contribution in [0.1, 0.15) is 24.7 Å². The highest BCUT2D eigenvalue weighted by Gasteiger charge is 2.29. The molecule has 0 atom stereocenters. The summed E-state index contributed by atoms with van der Waals surface area (Å²) in [5, 5.41) is 10.7. The van der Waals surface area contributed by atoms with Gasteiger partial charge in [-0.05, 0) is 36.2 Å². The lowest BCUT2D eigenvalue weighted by Crippen LogP contribution is -1.83. The highest BCUT2D eigenvalue weighted by Crippen LogP contribution is 2.41. The largest absolute Gasteiger partial charge is 0.415 e. The molecule has 118 valence electrons. The lowest BCUT2D eigenvalue weighted by molar-refractivity contribution is 0.414. The molecule has 1 aromatic carbocycles.